The third-order valence-corrected chi connectivity index (χ3v) is 5.66. The van der Waals surface area contributed by atoms with Crippen LogP contribution in [0.15, 0.2) is 24.3 Å². The molecule has 1 aromatic carbocycles. The highest BCUT2D eigenvalue weighted by Crippen LogP contribution is 2.44. The van der Waals surface area contributed by atoms with Crippen molar-refractivity contribution in [3.63, 3.8) is 0 Å². The zero-order chi connectivity index (χ0) is 14.4. The summed E-state index contributed by atoms with van der Waals surface area (Å²) in [7, 11) is 0. The molecule has 0 aromatic heterocycles. The zero-order valence-electron chi connectivity index (χ0n) is 12.8. The molecule has 0 bridgehead atoms. The van der Waals surface area contributed by atoms with E-state index in [4.69, 9.17) is 0 Å². The lowest BCUT2D eigenvalue weighted by molar-refractivity contribution is 0.0578. The standard InChI is InChI=1S/C18H25FN2/c1-18(15-6-7-15)12-21(17(10-20-18)14-4-5-14)11-13-2-8-16(19)9-3-13/h2-3,8-9,14-15,17,20H,4-7,10-12H2,1H3. The number of benzene rings is 1. The summed E-state index contributed by atoms with van der Waals surface area (Å²) < 4.78 is 13.1. The lowest BCUT2D eigenvalue weighted by atomic mass is 9.89. The molecular formula is C18H25FN2. The molecule has 2 nitrogen and oxygen atoms in total. The lowest BCUT2D eigenvalue weighted by Crippen LogP contribution is -2.64. The van der Waals surface area contributed by atoms with Crippen molar-refractivity contribution < 1.29 is 4.39 Å². The molecule has 1 aliphatic heterocycles. The topological polar surface area (TPSA) is 15.3 Å². The Kier molecular flexibility index (Phi) is 3.31. The molecule has 3 heteroatoms. The fraction of sp³-hybridized carbons (Fsp3) is 0.667. The van der Waals surface area contributed by atoms with E-state index < -0.39 is 0 Å². The van der Waals surface area contributed by atoms with Gasteiger partial charge in [0.05, 0.1) is 0 Å². The normalized spacial score (nSPS) is 34.1. The van der Waals surface area contributed by atoms with Gasteiger partial charge in [-0.05, 0) is 62.1 Å². The van der Waals surface area contributed by atoms with Crippen molar-refractivity contribution in [1.82, 2.24) is 10.2 Å². The molecule has 4 rings (SSSR count). The van der Waals surface area contributed by atoms with E-state index in [1.54, 1.807) is 12.1 Å². The van der Waals surface area contributed by atoms with Crippen molar-refractivity contribution >= 4 is 0 Å². The molecule has 2 unspecified atom stereocenters. The van der Waals surface area contributed by atoms with Gasteiger partial charge in [0, 0.05) is 31.2 Å². The molecule has 2 aliphatic carbocycles. The van der Waals surface area contributed by atoms with Crippen molar-refractivity contribution in [2.45, 2.75) is 50.7 Å². The van der Waals surface area contributed by atoms with E-state index in [2.05, 4.69) is 17.1 Å². The average molecular weight is 288 g/mol. The molecule has 0 spiro atoms. The van der Waals surface area contributed by atoms with E-state index in [0.717, 1.165) is 31.5 Å². The Labute approximate surface area is 126 Å². The first-order valence-electron chi connectivity index (χ1n) is 8.37. The van der Waals surface area contributed by atoms with Gasteiger partial charge in [-0.3, -0.25) is 4.90 Å². The zero-order valence-corrected chi connectivity index (χ0v) is 12.8. The SMILES string of the molecule is CC1(C2CC2)CN(Cc2ccc(F)cc2)C(C2CC2)CN1. The van der Waals surface area contributed by atoms with Crippen LogP contribution in [0.5, 0.6) is 0 Å². The number of nitrogens with zero attached hydrogens (tertiary/aromatic N) is 1. The largest absolute Gasteiger partial charge is 0.308 e. The lowest BCUT2D eigenvalue weighted by Gasteiger charge is -2.47. The molecule has 1 aromatic rings. The number of hydrogen-bond acceptors (Lipinski definition) is 2. The first-order valence-corrected chi connectivity index (χ1v) is 8.37. The molecule has 0 amide bonds. The molecule has 0 radical (unpaired) electrons. The molecule has 1 heterocycles. The Morgan fingerprint density at radius 1 is 1.19 bits per heavy atom. The van der Waals surface area contributed by atoms with Gasteiger partial charge in [0.2, 0.25) is 0 Å². The van der Waals surface area contributed by atoms with Crippen molar-refractivity contribution in [2.75, 3.05) is 13.1 Å². The summed E-state index contributed by atoms with van der Waals surface area (Å²) in [5, 5.41) is 3.85. The highest BCUT2D eigenvalue weighted by molar-refractivity contribution is 5.17. The molecule has 1 N–H and O–H groups in total. The maximum atomic E-state index is 13.1. The minimum absolute atomic E-state index is 0.138. The Bertz CT molecular complexity index is 506. The number of halogens is 1. The van der Waals surface area contributed by atoms with Crippen LogP contribution in [0.4, 0.5) is 4.39 Å². The van der Waals surface area contributed by atoms with Crippen LogP contribution in [0.1, 0.15) is 38.2 Å². The van der Waals surface area contributed by atoms with Gasteiger partial charge in [-0.2, -0.15) is 0 Å². The Morgan fingerprint density at radius 2 is 1.90 bits per heavy atom. The molecular weight excluding hydrogens is 263 g/mol. The molecule has 3 fully saturated rings. The van der Waals surface area contributed by atoms with Crippen LogP contribution in [-0.2, 0) is 6.54 Å². The highest BCUT2D eigenvalue weighted by Gasteiger charge is 2.48. The minimum Gasteiger partial charge on any atom is -0.308 e. The fourth-order valence-electron chi connectivity index (χ4n) is 4.00. The summed E-state index contributed by atoms with van der Waals surface area (Å²) in [6, 6.07) is 7.72. The second-order valence-corrected chi connectivity index (χ2v) is 7.51. The van der Waals surface area contributed by atoms with Crippen LogP contribution in [0.2, 0.25) is 0 Å². The predicted molar refractivity (Wildman–Crippen MR) is 82.5 cm³/mol. The Hall–Kier alpha value is -0.930. The maximum Gasteiger partial charge on any atom is 0.123 e. The minimum atomic E-state index is -0.138. The summed E-state index contributed by atoms with van der Waals surface area (Å²) in [4.78, 5) is 2.67. The van der Waals surface area contributed by atoms with E-state index in [1.165, 1.54) is 31.2 Å². The van der Waals surface area contributed by atoms with Gasteiger partial charge in [0.15, 0.2) is 0 Å². The van der Waals surface area contributed by atoms with E-state index >= 15 is 0 Å². The molecule has 3 aliphatic rings. The van der Waals surface area contributed by atoms with Crippen LogP contribution < -0.4 is 5.32 Å². The number of nitrogens with one attached hydrogen (secondary N) is 1. The quantitative estimate of drug-likeness (QED) is 0.915. The maximum absolute atomic E-state index is 13.1. The Morgan fingerprint density at radius 3 is 2.52 bits per heavy atom. The van der Waals surface area contributed by atoms with Crippen LogP contribution in [0, 0.1) is 17.7 Å². The van der Waals surface area contributed by atoms with Gasteiger partial charge in [-0.15, -0.1) is 0 Å². The van der Waals surface area contributed by atoms with Crippen molar-refractivity contribution in [3.8, 4) is 0 Å². The van der Waals surface area contributed by atoms with Gasteiger partial charge in [0.25, 0.3) is 0 Å². The van der Waals surface area contributed by atoms with Crippen molar-refractivity contribution in [2.24, 2.45) is 11.8 Å². The molecule has 21 heavy (non-hydrogen) atoms. The van der Waals surface area contributed by atoms with Crippen LogP contribution in [0.3, 0.4) is 0 Å². The summed E-state index contributed by atoms with van der Waals surface area (Å²) in [6.07, 6.45) is 5.52. The second kappa shape index (κ2) is 5.06. The molecule has 2 atom stereocenters. The molecule has 2 saturated carbocycles. The van der Waals surface area contributed by atoms with Crippen LogP contribution in [0.25, 0.3) is 0 Å². The monoisotopic (exact) mass is 288 g/mol. The van der Waals surface area contributed by atoms with Crippen molar-refractivity contribution in [3.05, 3.63) is 35.6 Å². The van der Waals surface area contributed by atoms with Gasteiger partial charge in [-0.1, -0.05) is 12.1 Å². The predicted octanol–water partition coefficient (Wildman–Crippen LogP) is 3.18. The summed E-state index contributed by atoms with van der Waals surface area (Å²) in [5.74, 6) is 1.59. The van der Waals surface area contributed by atoms with E-state index in [9.17, 15) is 4.39 Å². The smallest absolute Gasteiger partial charge is 0.123 e. The Balaban J connectivity index is 1.51. The van der Waals surface area contributed by atoms with E-state index in [0.29, 0.717) is 6.04 Å². The van der Waals surface area contributed by atoms with E-state index in [1.807, 2.05) is 12.1 Å². The summed E-state index contributed by atoms with van der Waals surface area (Å²) >= 11 is 0. The third kappa shape index (κ3) is 2.86. The van der Waals surface area contributed by atoms with Gasteiger partial charge >= 0.3 is 0 Å². The number of hydrogen-bond donors (Lipinski definition) is 1. The molecule has 1 saturated heterocycles. The highest BCUT2D eigenvalue weighted by atomic mass is 19.1. The molecule has 114 valence electrons. The van der Waals surface area contributed by atoms with Crippen LogP contribution >= 0.6 is 0 Å². The first kappa shape index (κ1) is 13.7. The third-order valence-electron chi connectivity index (χ3n) is 5.66. The van der Waals surface area contributed by atoms with Gasteiger partial charge < -0.3 is 5.32 Å². The van der Waals surface area contributed by atoms with E-state index in [-0.39, 0.29) is 11.4 Å². The van der Waals surface area contributed by atoms with Gasteiger partial charge in [0.1, 0.15) is 5.82 Å². The number of rotatable bonds is 4. The number of piperazine rings is 1. The summed E-state index contributed by atoms with van der Waals surface area (Å²) in [6.45, 7) is 5.62. The van der Waals surface area contributed by atoms with Crippen LogP contribution in [-0.4, -0.2) is 29.6 Å². The first-order chi connectivity index (χ1) is 10.1. The summed E-state index contributed by atoms with van der Waals surface area (Å²) in [5.41, 5.74) is 1.52. The average Bonchev–Trinajstić information content (AvgIpc) is 3.34. The fourth-order valence-corrected chi connectivity index (χ4v) is 4.00. The van der Waals surface area contributed by atoms with Crippen molar-refractivity contribution in [1.29, 1.82) is 0 Å². The van der Waals surface area contributed by atoms with Gasteiger partial charge in [-0.25, -0.2) is 4.39 Å². The second-order valence-electron chi connectivity index (χ2n) is 7.51.